The second kappa shape index (κ2) is 6.66. The molecule has 1 saturated heterocycles. The van der Waals surface area contributed by atoms with E-state index in [1.807, 2.05) is 18.7 Å². The first kappa shape index (κ1) is 7.66. The van der Waals surface area contributed by atoms with Gasteiger partial charge in [-0.3, -0.25) is 0 Å². The van der Waals surface area contributed by atoms with Crippen molar-refractivity contribution >= 4 is 23.8 Å². The lowest BCUT2D eigenvalue weighted by atomic mass is 11.0. The van der Waals surface area contributed by atoms with Crippen LogP contribution in [0.1, 0.15) is 6.92 Å². The van der Waals surface area contributed by atoms with E-state index in [-0.39, 0.29) is 0 Å². The highest BCUT2D eigenvalue weighted by Crippen LogP contribution is 2.14. The van der Waals surface area contributed by atoms with E-state index in [0.717, 1.165) is 17.8 Å². The maximum absolute atomic E-state index is 7.79. The summed E-state index contributed by atoms with van der Waals surface area (Å²) in [6, 6.07) is 0. The van der Waals surface area contributed by atoms with Gasteiger partial charge in [-0.15, -0.1) is 0 Å². The maximum atomic E-state index is 7.79. The molecule has 0 aliphatic carbocycles. The molecule has 7 heavy (non-hydrogen) atoms. The van der Waals surface area contributed by atoms with Crippen LogP contribution in [0.5, 0.6) is 0 Å². The van der Waals surface area contributed by atoms with Gasteiger partial charge in [0.2, 0.25) is 0 Å². The zero-order valence-electron chi connectivity index (χ0n) is 4.39. The van der Waals surface area contributed by atoms with Crippen LogP contribution >= 0.6 is 23.8 Å². The highest BCUT2D eigenvalue weighted by molar-refractivity contribution is 8.06. The summed E-state index contributed by atoms with van der Waals surface area (Å²) < 4.78 is 7.79. The van der Waals surface area contributed by atoms with E-state index in [4.69, 9.17) is 4.55 Å². The summed E-state index contributed by atoms with van der Waals surface area (Å²) in [6.45, 7) is 1.89. The van der Waals surface area contributed by atoms with Gasteiger partial charge in [-0.05, 0) is 12.0 Å². The number of hydrogen-bond acceptors (Lipinski definition) is 3. The van der Waals surface area contributed by atoms with E-state index in [0.29, 0.717) is 0 Å². The molecule has 1 aliphatic rings. The lowest BCUT2D eigenvalue weighted by molar-refractivity contribution is 0.665. The van der Waals surface area contributed by atoms with Gasteiger partial charge in [-0.1, -0.05) is 6.92 Å². The van der Waals surface area contributed by atoms with Crippen molar-refractivity contribution in [2.75, 3.05) is 17.3 Å². The Bertz CT molecular complexity index is 26.1. The third-order valence-electron chi connectivity index (χ3n) is 0.333. The Balaban J connectivity index is 0.000000105. The van der Waals surface area contributed by atoms with E-state index in [1.165, 1.54) is 11.5 Å². The number of thioether (sulfide) groups is 1. The molecule has 44 valence electrons. The fourth-order valence-corrected chi connectivity index (χ4v) is 0. The Hall–Kier alpha value is 0.660. The highest BCUT2D eigenvalue weighted by atomic mass is 32.2. The van der Waals surface area contributed by atoms with Gasteiger partial charge in [-0.25, -0.2) is 0 Å². The minimum atomic E-state index is 0.792. The van der Waals surface area contributed by atoms with Crippen molar-refractivity contribution in [1.29, 1.82) is 0 Å². The van der Waals surface area contributed by atoms with Crippen LogP contribution in [-0.4, -0.2) is 21.8 Å². The second-order valence-electron chi connectivity index (χ2n) is 1.03. The molecule has 0 aromatic rings. The summed E-state index contributed by atoms with van der Waals surface area (Å²) in [5.74, 6) is 3.62. The molecule has 1 aliphatic heterocycles. The number of rotatable bonds is 1. The predicted octanol–water partition coefficient (Wildman–Crippen LogP) is 1.95. The van der Waals surface area contributed by atoms with Crippen molar-refractivity contribution in [3.8, 4) is 0 Å². The van der Waals surface area contributed by atoms with Crippen LogP contribution in [0, 0.1) is 0 Å². The van der Waals surface area contributed by atoms with E-state index in [2.05, 4.69) is 0 Å². The van der Waals surface area contributed by atoms with E-state index < -0.39 is 0 Å². The number of hydrogen-bond donors (Lipinski definition) is 1. The minimum Gasteiger partial charge on any atom is -0.330 e. The molecule has 0 spiro atoms. The van der Waals surface area contributed by atoms with Crippen LogP contribution < -0.4 is 0 Å². The molecule has 0 aromatic carbocycles. The van der Waals surface area contributed by atoms with Gasteiger partial charge in [0, 0.05) is 17.3 Å². The van der Waals surface area contributed by atoms with Crippen molar-refractivity contribution < 1.29 is 4.55 Å². The van der Waals surface area contributed by atoms with Crippen molar-refractivity contribution in [1.82, 2.24) is 0 Å². The summed E-state index contributed by atoms with van der Waals surface area (Å²) in [7, 11) is 0. The minimum absolute atomic E-state index is 0.792. The Morgan fingerprint density at radius 1 is 1.71 bits per heavy atom. The van der Waals surface area contributed by atoms with Crippen molar-refractivity contribution in [2.24, 2.45) is 0 Å². The molecule has 0 atom stereocenters. The van der Waals surface area contributed by atoms with Gasteiger partial charge in [0.25, 0.3) is 0 Å². The standard InChI is InChI=1S/C2H6OS.C2H4S/c1-2-4-3;1-2-3-1/h3H,2H2,1H3;1-2H2. The Morgan fingerprint density at radius 3 is 2.00 bits per heavy atom. The van der Waals surface area contributed by atoms with Gasteiger partial charge in [-0.2, -0.15) is 11.8 Å². The van der Waals surface area contributed by atoms with E-state index in [1.54, 1.807) is 0 Å². The quantitative estimate of drug-likeness (QED) is 0.442. The molecule has 1 rings (SSSR count). The maximum Gasteiger partial charge on any atom is 0.0166 e. The summed E-state index contributed by atoms with van der Waals surface area (Å²) in [5, 5.41) is 0. The van der Waals surface area contributed by atoms with Crippen LogP contribution in [0.25, 0.3) is 0 Å². The van der Waals surface area contributed by atoms with Gasteiger partial charge in [0.05, 0.1) is 0 Å². The Morgan fingerprint density at radius 2 is 2.00 bits per heavy atom. The van der Waals surface area contributed by atoms with Crippen molar-refractivity contribution in [3.63, 3.8) is 0 Å². The molecule has 1 fully saturated rings. The van der Waals surface area contributed by atoms with Crippen LogP contribution in [0.3, 0.4) is 0 Å². The van der Waals surface area contributed by atoms with Gasteiger partial charge < -0.3 is 4.55 Å². The monoisotopic (exact) mass is 138 g/mol. The summed E-state index contributed by atoms with van der Waals surface area (Å²) >= 11 is 2.86. The topological polar surface area (TPSA) is 20.2 Å². The Labute approximate surface area is 53.1 Å². The predicted molar refractivity (Wildman–Crippen MR) is 38.1 cm³/mol. The zero-order chi connectivity index (χ0) is 5.54. The smallest absolute Gasteiger partial charge is 0.0166 e. The molecule has 0 aromatic heterocycles. The molecule has 0 bridgehead atoms. The molecule has 0 radical (unpaired) electrons. The molecule has 1 N–H and O–H groups in total. The third-order valence-corrected chi connectivity index (χ3v) is 1.000. The first-order chi connectivity index (χ1) is 3.41. The zero-order valence-corrected chi connectivity index (χ0v) is 6.02. The van der Waals surface area contributed by atoms with Crippen LogP contribution in [0.4, 0.5) is 0 Å². The first-order valence-corrected chi connectivity index (χ1v) is 4.35. The van der Waals surface area contributed by atoms with Gasteiger partial charge >= 0.3 is 0 Å². The van der Waals surface area contributed by atoms with E-state index >= 15 is 0 Å². The molecule has 0 unspecified atom stereocenters. The molecule has 0 amide bonds. The van der Waals surface area contributed by atoms with Crippen LogP contribution in [0.2, 0.25) is 0 Å². The first-order valence-electron chi connectivity index (χ1n) is 2.26. The van der Waals surface area contributed by atoms with E-state index in [9.17, 15) is 0 Å². The largest absolute Gasteiger partial charge is 0.330 e. The molecule has 1 nitrogen and oxygen atoms in total. The average Bonchev–Trinajstić information content (AvgIpc) is 2.47. The SMILES string of the molecule is C1CS1.CCSO. The third kappa shape index (κ3) is 20.4. The summed E-state index contributed by atoms with van der Waals surface area (Å²) in [5.41, 5.74) is 0. The van der Waals surface area contributed by atoms with Crippen molar-refractivity contribution in [2.45, 2.75) is 6.92 Å². The normalized spacial score (nSPS) is 14.6. The molecule has 0 saturated carbocycles. The lowest BCUT2D eigenvalue weighted by Crippen LogP contribution is -1.53. The molecule has 3 heteroatoms. The van der Waals surface area contributed by atoms with Crippen LogP contribution in [-0.2, 0) is 0 Å². The molecular weight excluding hydrogens is 128 g/mol. The second-order valence-corrected chi connectivity index (χ2v) is 3.09. The average molecular weight is 138 g/mol. The molecular formula is C4H10OS2. The fraction of sp³-hybridized carbons (Fsp3) is 1.00. The summed E-state index contributed by atoms with van der Waals surface area (Å²) in [4.78, 5) is 0. The van der Waals surface area contributed by atoms with Gasteiger partial charge in [0.15, 0.2) is 0 Å². The lowest BCUT2D eigenvalue weighted by Gasteiger charge is -1.68. The molecule has 1 heterocycles. The van der Waals surface area contributed by atoms with Gasteiger partial charge in [0.1, 0.15) is 0 Å². The highest BCUT2D eigenvalue weighted by Gasteiger charge is 1.95. The Kier molecular flexibility index (Phi) is 7.29. The van der Waals surface area contributed by atoms with Crippen molar-refractivity contribution in [3.05, 3.63) is 0 Å². The fourth-order valence-electron chi connectivity index (χ4n) is 0. The summed E-state index contributed by atoms with van der Waals surface area (Å²) in [6.07, 6.45) is 0. The van der Waals surface area contributed by atoms with Crippen LogP contribution in [0.15, 0.2) is 0 Å².